The molecule has 0 spiro atoms. The van der Waals surface area contributed by atoms with Crippen molar-refractivity contribution in [1.82, 2.24) is 31.5 Å². The highest BCUT2D eigenvalue weighted by Gasteiger charge is 2.35. The van der Waals surface area contributed by atoms with E-state index in [4.69, 9.17) is 5.11 Å². The first-order valence-electron chi connectivity index (χ1n) is 13.2. The first-order chi connectivity index (χ1) is 18.8. The largest absolute Gasteiger partial charge is 0.481 e. The van der Waals surface area contributed by atoms with Crippen molar-refractivity contribution in [3.05, 3.63) is 0 Å². The summed E-state index contributed by atoms with van der Waals surface area (Å²) in [4.78, 5) is 97.4. The van der Waals surface area contributed by atoms with E-state index in [0.717, 1.165) is 0 Å². The number of hydrogen-bond acceptors (Lipinski definition) is 8. The van der Waals surface area contributed by atoms with Crippen LogP contribution in [-0.4, -0.2) is 102 Å². The molecule has 15 nitrogen and oxygen atoms in total. The molecule has 6 amide bonds. The lowest BCUT2D eigenvalue weighted by Gasteiger charge is -2.26. The van der Waals surface area contributed by atoms with Crippen molar-refractivity contribution in [3.63, 3.8) is 0 Å². The fraction of sp³-hybridized carbons (Fsp3) is 0.680. The van der Waals surface area contributed by atoms with Gasteiger partial charge in [-0.15, -0.1) is 0 Å². The van der Waals surface area contributed by atoms with Crippen LogP contribution in [0.15, 0.2) is 0 Å². The van der Waals surface area contributed by atoms with Crippen molar-refractivity contribution < 1.29 is 43.5 Å². The van der Waals surface area contributed by atoms with Crippen LogP contribution < -0.4 is 26.6 Å². The molecule has 1 fully saturated rings. The summed E-state index contributed by atoms with van der Waals surface area (Å²) in [6, 6.07) is -3.60. The van der Waals surface area contributed by atoms with Crippen molar-refractivity contribution in [2.45, 2.75) is 84.0 Å². The lowest BCUT2D eigenvalue weighted by Crippen LogP contribution is -2.55. The third-order valence-electron chi connectivity index (χ3n) is 6.25. The van der Waals surface area contributed by atoms with Crippen molar-refractivity contribution >= 4 is 47.7 Å². The van der Waals surface area contributed by atoms with E-state index in [0.29, 0.717) is 32.1 Å². The van der Waals surface area contributed by atoms with Crippen molar-refractivity contribution in [2.24, 2.45) is 5.92 Å². The standard InChI is InChI=1S/C25H40N6O9/c1-5-16(13-32)29-24(39)18-7-6-10-31(18)20(35)12-27-25(40)22(14(2)3)30-19(34)11-26-23(38)17(28-15(4)33)8-9-21(36)37/h13-14,16-18,22H,5-12H2,1-4H3,(H,26,38)(H,27,40)(H,28,33)(H,29,39)(H,30,34)(H,36,37)/t16-,17?,18?,22?/m0/s1. The summed E-state index contributed by atoms with van der Waals surface area (Å²) >= 11 is 0. The summed E-state index contributed by atoms with van der Waals surface area (Å²) in [6.45, 7) is 5.62. The van der Waals surface area contributed by atoms with Gasteiger partial charge >= 0.3 is 5.97 Å². The van der Waals surface area contributed by atoms with E-state index < -0.39 is 84.6 Å². The van der Waals surface area contributed by atoms with Gasteiger partial charge in [0.05, 0.1) is 19.1 Å². The number of rotatable bonds is 16. The Hall–Kier alpha value is -4.04. The van der Waals surface area contributed by atoms with Gasteiger partial charge < -0.3 is 41.4 Å². The van der Waals surface area contributed by atoms with E-state index in [2.05, 4.69) is 26.6 Å². The number of nitrogens with zero attached hydrogens (tertiary/aromatic N) is 1. The number of carboxylic acid groups (broad SMARTS) is 1. The number of hydrogen-bond donors (Lipinski definition) is 6. The fourth-order valence-corrected chi connectivity index (χ4v) is 4.06. The van der Waals surface area contributed by atoms with E-state index in [9.17, 15) is 38.4 Å². The van der Waals surface area contributed by atoms with Gasteiger partial charge in [-0.25, -0.2) is 0 Å². The average Bonchev–Trinajstić information content (AvgIpc) is 3.39. The molecule has 3 unspecified atom stereocenters. The first kappa shape index (κ1) is 34.0. The normalized spacial score (nSPS) is 16.7. The Bertz CT molecular complexity index is 970. The van der Waals surface area contributed by atoms with Crippen LogP contribution in [0.25, 0.3) is 0 Å². The average molecular weight is 569 g/mol. The summed E-state index contributed by atoms with van der Waals surface area (Å²) in [7, 11) is 0. The summed E-state index contributed by atoms with van der Waals surface area (Å²) in [5, 5.41) is 21.0. The third kappa shape index (κ3) is 11.4. The molecule has 0 saturated carbocycles. The summed E-state index contributed by atoms with van der Waals surface area (Å²) in [5.74, 6) is -5.14. The van der Waals surface area contributed by atoms with Crippen LogP contribution in [0.1, 0.15) is 59.8 Å². The molecule has 0 radical (unpaired) electrons. The molecule has 1 saturated heterocycles. The summed E-state index contributed by atoms with van der Waals surface area (Å²) in [6.07, 6.45) is 1.51. The van der Waals surface area contributed by atoms with E-state index in [-0.39, 0.29) is 12.8 Å². The Balaban J connectivity index is 2.67. The lowest BCUT2D eigenvalue weighted by atomic mass is 10.0. The predicted octanol–water partition coefficient (Wildman–Crippen LogP) is -2.19. The number of carboxylic acids is 1. The quantitative estimate of drug-likeness (QED) is 0.111. The molecule has 0 aromatic carbocycles. The Morgan fingerprint density at radius 1 is 0.975 bits per heavy atom. The molecule has 15 heteroatoms. The van der Waals surface area contributed by atoms with Crippen LogP contribution in [0.3, 0.4) is 0 Å². The summed E-state index contributed by atoms with van der Waals surface area (Å²) in [5.41, 5.74) is 0. The second kappa shape index (κ2) is 16.8. The van der Waals surface area contributed by atoms with Gasteiger partial charge in [0.2, 0.25) is 35.4 Å². The number of carbonyl (C=O) groups is 8. The molecule has 1 aliphatic heterocycles. The Morgan fingerprint density at radius 2 is 1.62 bits per heavy atom. The molecular weight excluding hydrogens is 528 g/mol. The zero-order valence-electron chi connectivity index (χ0n) is 23.3. The summed E-state index contributed by atoms with van der Waals surface area (Å²) < 4.78 is 0. The topological polar surface area (TPSA) is 220 Å². The minimum atomic E-state index is -1.16. The number of nitrogens with one attached hydrogen (secondary N) is 5. The Morgan fingerprint density at radius 3 is 2.17 bits per heavy atom. The molecular formula is C25H40N6O9. The van der Waals surface area contributed by atoms with Gasteiger partial charge in [0.1, 0.15) is 24.4 Å². The number of aliphatic carboxylic acids is 1. The second-order valence-corrected chi connectivity index (χ2v) is 9.81. The van der Waals surface area contributed by atoms with Gasteiger partial charge in [-0.3, -0.25) is 33.6 Å². The van der Waals surface area contributed by atoms with Crippen LogP contribution in [0.4, 0.5) is 0 Å². The lowest BCUT2D eigenvalue weighted by molar-refractivity contribution is -0.139. The molecule has 0 bridgehead atoms. The Labute approximate surface area is 232 Å². The minimum absolute atomic E-state index is 0.177. The highest BCUT2D eigenvalue weighted by Crippen LogP contribution is 2.17. The van der Waals surface area contributed by atoms with Crippen LogP contribution in [0.2, 0.25) is 0 Å². The molecule has 0 aromatic heterocycles. The van der Waals surface area contributed by atoms with Gasteiger partial charge in [0, 0.05) is 19.9 Å². The van der Waals surface area contributed by atoms with Gasteiger partial charge in [-0.05, 0) is 31.6 Å². The Kier molecular flexibility index (Phi) is 14.3. The number of amides is 6. The molecule has 1 aliphatic rings. The molecule has 1 heterocycles. The molecule has 6 N–H and O–H groups in total. The molecule has 224 valence electrons. The predicted molar refractivity (Wildman–Crippen MR) is 140 cm³/mol. The highest BCUT2D eigenvalue weighted by atomic mass is 16.4. The zero-order valence-corrected chi connectivity index (χ0v) is 23.3. The third-order valence-corrected chi connectivity index (χ3v) is 6.25. The van der Waals surface area contributed by atoms with Crippen molar-refractivity contribution in [3.8, 4) is 0 Å². The molecule has 4 atom stereocenters. The monoisotopic (exact) mass is 568 g/mol. The maximum Gasteiger partial charge on any atom is 0.303 e. The smallest absolute Gasteiger partial charge is 0.303 e. The first-order valence-corrected chi connectivity index (χ1v) is 13.2. The van der Waals surface area contributed by atoms with E-state index in [1.807, 2.05) is 0 Å². The maximum absolute atomic E-state index is 12.8. The SMILES string of the molecule is CC[C@@H](C=O)NC(=O)C1CCCN1C(=O)CNC(=O)C(NC(=O)CNC(=O)C(CCC(=O)O)NC(C)=O)C(C)C. The van der Waals surface area contributed by atoms with Crippen LogP contribution in [0.5, 0.6) is 0 Å². The van der Waals surface area contributed by atoms with Crippen molar-refractivity contribution in [1.29, 1.82) is 0 Å². The van der Waals surface area contributed by atoms with Gasteiger partial charge in [0.25, 0.3) is 0 Å². The zero-order chi connectivity index (χ0) is 30.4. The van der Waals surface area contributed by atoms with Crippen molar-refractivity contribution in [2.75, 3.05) is 19.6 Å². The number of likely N-dealkylation sites (tertiary alicyclic amines) is 1. The highest BCUT2D eigenvalue weighted by molar-refractivity contribution is 5.94. The van der Waals surface area contributed by atoms with Gasteiger partial charge in [-0.2, -0.15) is 0 Å². The molecule has 40 heavy (non-hydrogen) atoms. The fourth-order valence-electron chi connectivity index (χ4n) is 4.06. The maximum atomic E-state index is 12.8. The minimum Gasteiger partial charge on any atom is -0.481 e. The van der Waals surface area contributed by atoms with Crippen LogP contribution in [-0.2, 0) is 38.4 Å². The van der Waals surface area contributed by atoms with E-state index in [1.54, 1.807) is 20.8 Å². The van der Waals surface area contributed by atoms with Gasteiger partial charge in [0.15, 0.2) is 0 Å². The molecule has 0 aliphatic carbocycles. The molecule has 1 rings (SSSR count). The second-order valence-electron chi connectivity index (χ2n) is 9.81. The van der Waals surface area contributed by atoms with Gasteiger partial charge in [-0.1, -0.05) is 20.8 Å². The number of aldehydes is 1. The number of carbonyl (C=O) groups excluding carboxylic acids is 7. The van der Waals surface area contributed by atoms with E-state index >= 15 is 0 Å². The van der Waals surface area contributed by atoms with Crippen LogP contribution in [0, 0.1) is 5.92 Å². The van der Waals surface area contributed by atoms with Crippen LogP contribution >= 0.6 is 0 Å². The van der Waals surface area contributed by atoms with E-state index in [1.165, 1.54) is 11.8 Å². The molecule has 0 aromatic rings.